The van der Waals surface area contributed by atoms with E-state index in [2.05, 4.69) is 6.92 Å². The lowest BCUT2D eigenvalue weighted by Crippen LogP contribution is -2.19. The van der Waals surface area contributed by atoms with Crippen LogP contribution >= 0.6 is 0 Å². The van der Waals surface area contributed by atoms with E-state index in [1.54, 1.807) is 13.0 Å². The van der Waals surface area contributed by atoms with E-state index in [0.29, 0.717) is 13.0 Å². The highest BCUT2D eigenvalue weighted by molar-refractivity contribution is 5.94. The van der Waals surface area contributed by atoms with Crippen LogP contribution in [-0.4, -0.2) is 18.4 Å². The van der Waals surface area contributed by atoms with Crippen molar-refractivity contribution in [3.8, 4) is 0 Å². The Kier molecular flexibility index (Phi) is 9.69. The number of esters is 1. The number of rotatable bonds is 11. The van der Waals surface area contributed by atoms with Crippen LogP contribution in [0.3, 0.4) is 0 Å². The molecule has 0 aliphatic heterocycles. The molecule has 0 bridgehead atoms. The molecule has 0 N–H and O–H groups in total. The molecule has 0 heterocycles. The second-order valence-corrected chi connectivity index (χ2v) is 5.68. The van der Waals surface area contributed by atoms with Crippen LogP contribution < -0.4 is 0 Å². The number of ketones is 1. The van der Waals surface area contributed by atoms with E-state index in [-0.39, 0.29) is 24.1 Å². The number of carbonyl (C=O) groups is 2. The average molecular weight is 316 g/mol. The summed E-state index contributed by atoms with van der Waals surface area (Å²) in [4.78, 5) is 24.1. The SMILES string of the molecule is CCCC/C=C\C(=O)C(CCc1ccccc1)CC(=O)OCC. The molecule has 1 aromatic carbocycles. The zero-order chi connectivity index (χ0) is 16.9. The largest absolute Gasteiger partial charge is 0.466 e. The molecule has 1 rings (SSSR count). The van der Waals surface area contributed by atoms with Crippen molar-refractivity contribution in [1.82, 2.24) is 0 Å². The summed E-state index contributed by atoms with van der Waals surface area (Å²) in [6.45, 7) is 4.26. The number of aryl methyl sites for hydroxylation is 1. The van der Waals surface area contributed by atoms with Crippen LogP contribution in [0.4, 0.5) is 0 Å². The summed E-state index contributed by atoms with van der Waals surface area (Å²) in [5.41, 5.74) is 1.18. The standard InChI is InChI=1S/C20H28O3/c1-3-5-6-10-13-19(21)18(16-20(22)23-4-2)15-14-17-11-8-7-9-12-17/h7-13,18H,3-6,14-16H2,1-2H3/b13-10-. The van der Waals surface area contributed by atoms with Gasteiger partial charge in [-0.1, -0.05) is 56.2 Å². The topological polar surface area (TPSA) is 43.4 Å². The minimum atomic E-state index is -0.299. The van der Waals surface area contributed by atoms with Crippen molar-refractivity contribution < 1.29 is 14.3 Å². The Morgan fingerprint density at radius 3 is 2.57 bits per heavy atom. The van der Waals surface area contributed by atoms with E-state index in [0.717, 1.165) is 25.7 Å². The number of hydrogen-bond acceptors (Lipinski definition) is 3. The lowest BCUT2D eigenvalue weighted by atomic mass is 9.92. The molecule has 0 aromatic heterocycles. The normalized spacial score (nSPS) is 12.3. The van der Waals surface area contributed by atoms with Gasteiger partial charge in [-0.05, 0) is 37.8 Å². The summed E-state index contributed by atoms with van der Waals surface area (Å²) in [5, 5.41) is 0. The number of allylic oxidation sites excluding steroid dienone is 2. The Balaban J connectivity index is 2.62. The molecule has 1 unspecified atom stereocenters. The first-order valence-corrected chi connectivity index (χ1v) is 8.57. The molecule has 1 aromatic rings. The first kappa shape index (κ1) is 19.1. The van der Waals surface area contributed by atoms with Crippen molar-refractivity contribution in [1.29, 1.82) is 0 Å². The van der Waals surface area contributed by atoms with Crippen molar-refractivity contribution in [3.63, 3.8) is 0 Å². The highest BCUT2D eigenvalue weighted by atomic mass is 16.5. The Labute approximate surface area is 139 Å². The van der Waals surface area contributed by atoms with Gasteiger partial charge in [0.1, 0.15) is 0 Å². The lowest BCUT2D eigenvalue weighted by Gasteiger charge is -2.13. The van der Waals surface area contributed by atoms with Crippen LogP contribution in [0.2, 0.25) is 0 Å². The third-order valence-corrected chi connectivity index (χ3v) is 3.75. The zero-order valence-corrected chi connectivity index (χ0v) is 14.3. The van der Waals surface area contributed by atoms with Gasteiger partial charge in [0.15, 0.2) is 5.78 Å². The summed E-state index contributed by atoms with van der Waals surface area (Å²) in [7, 11) is 0. The Bertz CT molecular complexity index is 491. The lowest BCUT2D eigenvalue weighted by molar-refractivity contribution is -0.145. The maximum Gasteiger partial charge on any atom is 0.306 e. The highest BCUT2D eigenvalue weighted by Gasteiger charge is 2.20. The van der Waals surface area contributed by atoms with Gasteiger partial charge in [0.25, 0.3) is 0 Å². The van der Waals surface area contributed by atoms with E-state index >= 15 is 0 Å². The van der Waals surface area contributed by atoms with Gasteiger partial charge in [0.2, 0.25) is 0 Å². The summed E-state index contributed by atoms with van der Waals surface area (Å²) in [5.74, 6) is -0.557. The number of benzene rings is 1. The predicted molar refractivity (Wildman–Crippen MR) is 93.2 cm³/mol. The molecule has 0 aliphatic rings. The molecule has 0 fully saturated rings. The van der Waals surface area contributed by atoms with Crippen LogP contribution in [0.25, 0.3) is 0 Å². The molecular formula is C20H28O3. The molecule has 0 saturated carbocycles. The van der Waals surface area contributed by atoms with Crippen LogP contribution in [0.5, 0.6) is 0 Å². The van der Waals surface area contributed by atoms with Crippen molar-refractivity contribution in [2.75, 3.05) is 6.61 Å². The average Bonchev–Trinajstić information content (AvgIpc) is 2.56. The monoisotopic (exact) mass is 316 g/mol. The van der Waals surface area contributed by atoms with Gasteiger partial charge < -0.3 is 4.74 Å². The number of carbonyl (C=O) groups excluding carboxylic acids is 2. The van der Waals surface area contributed by atoms with Gasteiger partial charge in [-0.2, -0.15) is 0 Å². The van der Waals surface area contributed by atoms with E-state index in [9.17, 15) is 9.59 Å². The summed E-state index contributed by atoms with van der Waals surface area (Å²) in [6, 6.07) is 10.0. The van der Waals surface area contributed by atoms with Crippen molar-refractivity contribution >= 4 is 11.8 Å². The molecule has 3 nitrogen and oxygen atoms in total. The van der Waals surface area contributed by atoms with E-state index < -0.39 is 0 Å². The second kappa shape index (κ2) is 11.6. The van der Waals surface area contributed by atoms with Gasteiger partial charge in [0, 0.05) is 5.92 Å². The fourth-order valence-electron chi connectivity index (χ4n) is 2.41. The summed E-state index contributed by atoms with van der Waals surface area (Å²) < 4.78 is 5.00. The van der Waals surface area contributed by atoms with E-state index in [1.807, 2.05) is 36.4 Å². The predicted octanol–water partition coefficient (Wildman–Crippen LogP) is 4.50. The van der Waals surface area contributed by atoms with Crippen molar-refractivity contribution in [2.24, 2.45) is 5.92 Å². The minimum absolute atomic E-state index is 0.0325. The molecule has 0 spiro atoms. The molecule has 1 atom stereocenters. The molecular weight excluding hydrogens is 288 g/mol. The number of unbranched alkanes of at least 4 members (excludes halogenated alkanes) is 2. The quantitative estimate of drug-likeness (QED) is 0.343. The van der Waals surface area contributed by atoms with E-state index in [4.69, 9.17) is 4.74 Å². The smallest absolute Gasteiger partial charge is 0.306 e. The molecule has 0 saturated heterocycles. The third-order valence-electron chi connectivity index (χ3n) is 3.75. The fourth-order valence-corrected chi connectivity index (χ4v) is 2.41. The number of ether oxygens (including phenoxy) is 1. The summed E-state index contributed by atoms with van der Waals surface area (Å²) >= 11 is 0. The molecule has 0 aliphatic carbocycles. The van der Waals surface area contributed by atoms with Gasteiger partial charge >= 0.3 is 5.97 Å². The maximum absolute atomic E-state index is 12.4. The summed E-state index contributed by atoms with van der Waals surface area (Å²) in [6.07, 6.45) is 8.29. The molecule has 0 amide bonds. The zero-order valence-electron chi connectivity index (χ0n) is 14.3. The first-order valence-electron chi connectivity index (χ1n) is 8.57. The van der Waals surface area contributed by atoms with Crippen LogP contribution in [-0.2, 0) is 20.7 Å². The molecule has 3 heteroatoms. The number of hydrogen-bond donors (Lipinski definition) is 0. The van der Waals surface area contributed by atoms with Gasteiger partial charge in [-0.3, -0.25) is 9.59 Å². The highest BCUT2D eigenvalue weighted by Crippen LogP contribution is 2.16. The van der Waals surface area contributed by atoms with Crippen molar-refractivity contribution in [2.45, 2.75) is 52.4 Å². The minimum Gasteiger partial charge on any atom is -0.466 e. The Morgan fingerprint density at radius 1 is 1.17 bits per heavy atom. The van der Waals surface area contributed by atoms with Crippen LogP contribution in [0.1, 0.15) is 51.5 Å². The Hall–Kier alpha value is -1.90. The van der Waals surface area contributed by atoms with Gasteiger partial charge in [-0.15, -0.1) is 0 Å². The molecule has 126 valence electrons. The third kappa shape index (κ3) is 8.34. The van der Waals surface area contributed by atoms with Crippen LogP contribution in [0.15, 0.2) is 42.5 Å². The van der Waals surface area contributed by atoms with Crippen LogP contribution in [0, 0.1) is 5.92 Å². The van der Waals surface area contributed by atoms with Gasteiger partial charge in [0.05, 0.1) is 13.0 Å². The maximum atomic E-state index is 12.4. The molecule has 23 heavy (non-hydrogen) atoms. The second-order valence-electron chi connectivity index (χ2n) is 5.68. The Morgan fingerprint density at radius 2 is 1.91 bits per heavy atom. The van der Waals surface area contributed by atoms with Crippen molar-refractivity contribution in [3.05, 3.63) is 48.0 Å². The van der Waals surface area contributed by atoms with E-state index in [1.165, 1.54) is 5.56 Å². The van der Waals surface area contributed by atoms with Gasteiger partial charge in [-0.25, -0.2) is 0 Å². The first-order chi connectivity index (χ1) is 11.2. The fraction of sp³-hybridized carbons (Fsp3) is 0.500. The molecule has 0 radical (unpaired) electrons.